The first kappa shape index (κ1) is 57.0. The Morgan fingerprint density at radius 3 is 1.28 bits per heavy atom. The number of carboxylic acids is 1. The zero-order valence-electron chi connectivity index (χ0n) is 43.3. The molecule has 13 N–H and O–H groups in total. The number of carbonyl (C=O) groups is 8. The maximum Gasteiger partial charge on any atom is 0.326 e. The number of H-pyrrole nitrogens is 2. The molecular formula is C57H70N10O9. The Labute approximate surface area is 441 Å². The van der Waals surface area contributed by atoms with Crippen LogP contribution >= 0.6 is 0 Å². The van der Waals surface area contributed by atoms with E-state index in [0.717, 1.165) is 21.8 Å². The van der Waals surface area contributed by atoms with Gasteiger partial charge < -0.3 is 58.4 Å². The minimum absolute atomic E-state index is 0.0368. The number of fused-ring (bicyclic) bond motifs is 2. The zero-order chi connectivity index (χ0) is 54.9. The van der Waals surface area contributed by atoms with Gasteiger partial charge >= 0.3 is 5.97 Å². The van der Waals surface area contributed by atoms with Crippen molar-refractivity contribution in [2.24, 2.45) is 23.3 Å². The second-order valence-electron chi connectivity index (χ2n) is 20.1. The van der Waals surface area contributed by atoms with Gasteiger partial charge in [0.05, 0.1) is 6.04 Å². The Morgan fingerprint density at radius 1 is 0.461 bits per heavy atom. The largest absolute Gasteiger partial charge is 0.480 e. The van der Waals surface area contributed by atoms with E-state index in [-0.39, 0.29) is 56.8 Å². The van der Waals surface area contributed by atoms with Crippen molar-refractivity contribution in [3.8, 4) is 0 Å². The third-order valence-corrected chi connectivity index (χ3v) is 13.0. The van der Waals surface area contributed by atoms with Gasteiger partial charge in [-0.2, -0.15) is 0 Å². The number of hydrogen-bond donors (Lipinski definition) is 11. The van der Waals surface area contributed by atoms with Crippen LogP contribution in [0.2, 0.25) is 0 Å². The predicted octanol–water partition coefficient (Wildman–Crippen LogP) is 3.60. The van der Waals surface area contributed by atoms with E-state index in [4.69, 9.17) is 11.5 Å². The molecule has 0 fully saturated rings. The molecule has 0 radical (unpaired) electrons. The number of carbonyl (C=O) groups excluding carboxylic acids is 7. The van der Waals surface area contributed by atoms with Crippen LogP contribution in [0.3, 0.4) is 0 Å². The van der Waals surface area contributed by atoms with Gasteiger partial charge in [0.2, 0.25) is 41.4 Å². The molecule has 2 heterocycles. The molecule has 4 aromatic carbocycles. The van der Waals surface area contributed by atoms with Crippen molar-refractivity contribution in [1.82, 2.24) is 41.9 Å². The van der Waals surface area contributed by atoms with Gasteiger partial charge in [0.25, 0.3) is 0 Å². The first-order chi connectivity index (χ1) is 36.3. The molecule has 402 valence electrons. The van der Waals surface area contributed by atoms with Crippen molar-refractivity contribution >= 4 is 69.1 Å². The predicted molar refractivity (Wildman–Crippen MR) is 289 cm³/mol. The molecule has 0 saturated heterocycles. The van der Waals surface area contributed by atoms with Crippen molar-refractivity contribution in [2.75, 3.05) is 0 Å². The summed E-state index contributed by atoms with van der Waals surface area (Å²) in [5, 5.41) is 28.2. The topological polar surface area (TPSA) is 313 Å². The van der Waals surface area contributed by atoms with Crippen LogP contribution < -0.4 is 43.4 Å². The fourth-order valence-electron chi connectivity index (χ4n) is 9.08. The molecule has 0 spiro atoms. The first-order valence-corrected chi connectivity index (χ1v) is 25.6. The van der Waals surface area contributed by atoms with Gasteiger partial charge in [-0.15, -0.1) is 0 Å². The summed E-state index contributed by atoms with van der Waals surface area (Å²) < 4.78 is 0. The Bertz CT molecular complexity index is 2960. The number of hydrogen-bond acceptors (Lipinski definition) is 9. The van der Waals surface area contributed by atoms with Crippen molar-refractivity contribution in [3.63, 3.8) is 0 Å². The lowest BCUT2D eigenvalue weighted by molar-refractivity contribution is -0.142. The van der Waals surface area contributed by atoms with Crippen LogP contribution in [0.5, 0.6) is 0 Å². The van der Waals surface area contributed by atoms with E-state index in [1.165, 1.54) is 0 Å². The van der Waals surface area contributed by atoms with Crippen LogP contribution in [-0.2, 0) is 64.0 Å². The molecular weight excluding hydrogens is 969 g/mol. The van der Waals surface area contributed by atoms with Gasteiger partial charge in [-0.05, 0) is 65.5 Å². The highest BCUT2D eigenvalue weighted by atomic mass is 16.4. The summed E-state index contributed by atoms with van der Waals surface area (Å²) in [7, 11) is 0. The fourth-order valence-corrected chi connectivity index (χ4v) is 9.08. The van der Waals surface area contributed by atoms with Crippen LogP contribution in [0, 0.1) is 11.8 Å². The summed E-state index contributed by atoms with van der Waals surface area (Å²) in [4.78, 5) is 117. The monoisotopic (exact) mass is 1040 g/mol. The number of rotatable bonds is 28. The first-order valence-electron chi connectivity index (χ1n) is 25.6. The van der Waals surface area contributed by atoms with E-state index in [1.54, 1.807) is 73.1 Å². The molecule has 0 aliphatic rings. The average molecular weight is 1040 g/mol. The van der Waals surface area contributed by atoms with Gasteiger partial charge in [0.1, 0.15) is 36.3 Å². The lowest BCUT2D eigenvalue weighted by atomic mass is 9.98. The Kier molecular flexibility index (Phi) is 20.5. The third kappa shape index (κ3) is 16.6. The summed E-state index contributed by atoms with van der Waals surface area (Å²) in [5.74, 6) is -6.51. The minimum atomic E-state index is -1.48. The fraction of sp³-hybridized carbons (Fsp3) is 0.368. The SMILES string of the molecule is CC(C)C[C@H](NC(=O)[C@@H](N)CC(C)C)C(=O)N[C@H](Cc1c[nH]c2ccccc12)C(=O)N[C@@H](Cc1ccccc1)C(=O)N[C@H](Cc1c[nH]c2ccccc12)C(=O)N[C@@H](CCC(N)=O)C(=O)N[C@H](Cc1ccccc1)C(=O)O. The second kappa shape index (κ2) is 27.3. The minimum Gasteiger partial charge on any atom is -0.480 e. The molecule has 2 aromatic heterocycles. The Hall–Kier alpha value is -8.32. The molecule has 19 nitrogen and oxygen atoms in total. The Balaban J connectivity index is 1.32. The Morgan fingerprint density at radius 2 is 0.829 bits per heavy atom. The number of amides is 7. The standard InChI is InChI=1S/C57H70N10O9/c1-33(2)25-41(58)51(69)63-45(26-34(3)4)53(71)65-48(30-38-32-61-43-22-14-12-20-40(38)43)56(74)64-46(27-35-15-7-5-8-16-35)54(72)66-47(29-37-31-60-42-21-13-11-19-39(37)42)55(73)62-44(23-24-50(59)68)52(70)67-49(57(75)76)28-36-17-9-6-10-18-36/h5-22,31-34,41,44-49,60-61H,23-30,58H2,1-4H3,(H2,59,68)(H,62,73)(H,63,69)(H,64,74)(H,65,71)(H,66,72)(H,67,70)(H,75,76)/t41-,44-,45-,46-,47+,48+,49+/m0/s1. The smallest absolute Gasteiger partial charge is 0.326 e. The average Bonchev–Trinajstić information content (AvgIpc) is 4.00. The summed E-state index contributed by atoms with van der Waals surface area (Å²) in [5.41, 5.74) is 15.8. The number of aromatic amines is 2. The second-order valence-corrected chi connectivity index (χ2v) is 20.1. The van der Waals surface area contributed by atoms with Crippen LogP contribution in [0.4, 0.5) is 0 Å². The van der Waals surface area contributed by atoms with Gasteiger partial charge in [-0.25, -0.2) is 4.79 Å². The molecule has 0 aliphatic carbocycles. The van der Waals surface area contributed by atoms with Crippen LogP contribution in [0.1, 0.15) is 75.6 Å². The number of aliphatic carboxylic acids is 1. The summed E-state index contributed by atoms with van der Waals surface area (Å²) in [6, 6.07) is 23.3. The number of nitrogens with two attached hydrogens (primary N) is 2. The van der Waals surface area contributed by atoms with Gasteiger partial charge in [-0.1, -0.05) is 125 Å². The lowest BCUT2D eigenvalue weighted by Crippen LogP contribution is -2.61. The molecule has 0 bridgehead atoms. The number of para-hydroxylation sites is 2. The molecule has 19 heteroatoms. The van der Waals surface area contributed by atoms with Crippen molar-refractivity contribution in [3.05, 3.63) is 144 Å². The van der Waals surface area contributed by atoms with E-state index >= 15 is 0 Å². The summed E-state index contributed by atoms with van der Waals surface area (Å²) >= 11 is 0. The van der Waals surface area contributed by atoms with E-state index in [1.807, 2.05) is 76.2 Å². The number of primary amides is 1. The maximum atomic E-state index is 15.0. The van der Waals surface area contributed by atoms with Crippen LogP contribution in [-0.4, -0.2) is 105 Å². The molecule has 6 aromatic rings. The van der Waals surface area contributed by atoms with Crippen molar-refractivity contribution in [1.29, 1.82) is 0 Å². The third-order valence-electron chi connectivity index (χ3n) is 13.0. The van der Waals surface area contributed by atoms with Gasteiger partial charge in [0, 0.05) is 66.3 Å². The van der Waals surface area contributed by atoms with E-state index < -0.39 is 89.6 Å². The van der Waals surface area contributed by atoms with Crippen LogP contribution in [0.25, 0.3) is 21.8 Å². The number of benzene rings is 4. The van der Waals surface area contributed by atoms with E-state index in [9.17, 15) is 43.5 Å². The van der Waals surface area contributed by atoms with E-state index in [0.29, 0.717) is 28.7 Å². The maximum absolute atomic E-state index is 15.0. The highest BCUT2D eigenvalue weighted by Crippen LogP contribution is 2.22. The highest BCUT2D eigenvalue weighted by molar-refractivity contribution is 5.98. The lowest BCUT2D eigenvalue weighted by Gasteiger charge is -2.28. The van der Waals surface area contributed by atoms with Crippen LogP contribution in [0.15, 0.2) is 122 Å². The molecule has 0 unspecified atom stereocenters. The molecule has 0 saturated carbocycles. The van der Waals surface area contributed by atoms with Gasteiger partial charge in [-0.3, -0.25) is 33.6 Å². The van der Waals surface area contributed by atoms with E-state index in [2.05, 4.69) is 41.9 Å². The molecule has 0 aliphatic heterocycles. The molecule has 7 atom stereocenters. The van der Waals surface area contributed by atoms with Gasteiger partial charge in [0.15, 0.2) is 0 Å². The van der Waals surface area contributed by atoms with Crippen molar-refractivity contribution in [2.45, 2.75) is 121 Å². The summed E-state index contributed by atoms with van der Waals surface area (Å²) in [6.45, 7) is 7.66. The number of nitrogens with one attached hydrogen (secondary N) is 8. The van der Waals surface area contributed by atoms with Crippen molar-refractivity contribution < 1.29 is 43.5 Å². The molecule has 6 rings (SSSR count). The highest BCUT2D eigenvalue weighted by Gasteiger charge is 2.35. The number of aromatic nitrogens is 2. The molecule has 7 amide bonds. The normalized spacial score (nSPS) is 14.1. The summed E-state index contributed by atoms with van der Waals surface area (Å²) in [6.07, 6.45) is 3.05. The molecule has 76 heavy (non-hydrogen) atoms. The number of carboxylic acid groups (broad SMARTS) is 1. The quantitative estimate of drug-likeness (QED) is 0.0339. The zero-order valence-corrected chi connectivity index (χ0v) is 43.3.